The molecule has 1 saturated heterocycles. The Kier molecular flexibility index (Phi) is 4.41. The van der Waals surface area contributed by atoms with E-state index in [0.717, 1.165) is 24.6 Å². The van der Waals surface area contributed by atoms with E-state index in [2.05, 4.69) is 25.7 Å². The van der Waals surface area contributed by atoms with Gasteiger partial charge in [-0.05, 0) is 29.9 Å². The SMILES string of the molecule is CC(C)(C)C1CCN(CC(=O)Cc2ccccc2)C1. The van der Waals surface area contributed by atoms with E-state index in [9.17, 15) is 4.79 Å². The maximum atomic E-state index is 12.1. The summed E-state index contributed by atoms with van der Waals surface area (Å²) in [6.07, 6.45) is 1.79. The Hall–Kier alpha value is -1.15. The van der Waals surface area contributed by atoms with Crippen molar-refractivity contribution >= 4 is 5.78 Å². The van der Waals surface area contributed by atoms with Crippen LogP contribution in [0, 0.1) is 11.3 Å². The molecule has 2 heteroatoms. The quantitative estimate of drug-likeness (QED) is 0.828. The molecule has 0 saturated carbocycles. The molecule has 0 aliphatic carbocycles. The van der Waals surface area contributed by atoms with Crippen LogP contribution in [0.25, 0.3) is 0 Å². The van der Waals surface area contributed by atoms with Gasteiger partial charge in [0.05, 0.1) is 6.54 Å². The van der Waals surface area contributed by atoms with Crippen molar-refractivity contribution in [1.82, 2.24) is 4.90 Å². The third-order valence-corrected chi connectivity index (χ3v) is 4.14. The van der Waals surface area contributed by atoms with E-state index >= 15 is 0 Å². The molecule has 1 aromatic rings. The average Bonchev–Trinajstić information content (AvgIpc) is 2.78. The van der Waals surface area contributed by atoms with E-state index in [0.29, 0.717) is 24.2 Å². The van der Waals surface area contributed by atoms with Gasteiger partial charge in [0.1, 0.15) is 0 Å². The molecule has 0 bridgehead atoms. The van der Waals surface area contributed by atoms with Crippen molar-refractivity contribution in [2.75, 3.05) is 19.6 Å². The Morgan fingerprint density at radius 3 is 2.53 bits per heavy atom. The lowest BCUT2D eigenvalue weighted by molar-refractivity contribution is -0.119. The van der Waals surface area contributed by atoms with E-state index < -0.39 is 0 Å². The van der Waals surface area contributed by atoms with Gasteiger partial charge in [0, 0.05) is 13.0 Å². The number of Topliss-reactive ketones (excluding diaryl/α,β-unsaturated/α-hetero) is 1. The standard InChI is InChI=1S/C17H25NO/c1-17(2,3)15-9-10-18(12-15)13-16(19)11-14-7-5-4-6-8-14/h4-8,15H,9-13H2,1-3H3. The maximum absolute atomic E-state index is 12.1. The van der Waals surface area contributed by atoms with E-state index in [4.69, 9.17) is 0 Å². The minimum absolute atomic E-state index is 0.334. The third kappa shape index (κ3) is 4.17. The second-order valence-corrected chi connectivity index (χ2v) is 6.79. The van der Waals surface area contributed by atoms with Crippen LogP contribution < -0.4 is 0 Å². The summed E-state index contributed by atoms with van der Waals surface area (Å²) < 4.78 is 0. The first-order chi connectivity index (χ1) is 8.95. The number of carbonyl (C=O) groups excluding carboxylic acids is 1. The molecule has 0 amide bonds. The van der Waals surface area contributed by atoms with Crippen molar-refractivity contribution in [3.8, 4) is 0 Å². The van der Waals surface area contributed by atoms with Crippen LogP contribution in [0.5, 0.6) is 0 Å². The smallest absolute Gasteiger partial charge is 0.151 e. The lowest BCUT2D eigenvalue weighted by atomic mass is 9.80. The van der Waals surface area contributed by atoms with E-state index in [1.807, 2.05) is 30.3 Å². The van der Waals surface area contributed by atoms with E-state index in [1.165, 1.54) is 6.42 Å². The number of carbonyl (C=O) groups is 1. The third-order valence-electron chi connectivity index (χ3n) is 4.14. The van der Waals surface area contributed by atoms with Gasteiger partial charge in [0.15, 0.2) is 5.78 Å². The highest BCUT2D eigenvalue weighted by Gasteiger charge is 2.32. The summed E-state index contributed by atoms with van der Waals surface area (Å²) in [5.74, 6) is 1.05. The predicted octanol–water partition coefficient (Wildman–Crippen LogP) is 3.17. The Balaban J connectivity index is 1.81. The van der Waals surface area contributed by atoms with Gasteiger partial charge in [-0.3, -0.25) is 9.69 Å². The summed E-state index contributed by atoms with van der Waals surface area (Å²) in [6.45, 7) is 9.65. The molecule has 1 atom stereocenters. The molecule has 2 rings (SSSR count). The van der Waals surface area contributed by atoms with Gasteiger partial charge in [-0.2, -0.15) is 0 Å². The highest BCUT2D eigenvalue weighted by Crippen LogP contribution is 2.33. The molecule has 0 radical (unpaired) electrons. The zero-order valence-electron chi connectivity index (χ0n) is 12.4. The van der Waals surface area contributed by atoms with Crippen molar-refractivity contribution in [2.24, 2.45) is 11.3 Å². The summed E-state index contributed by atoms with van der Waals surface area (Å²) in [5.41, 5.74) is 1.48. The summed E-state index contributed by atoms with van der Waals surface area (Å²) in [5, 5.41) is 0. The predicted molar refractivity (Wildman–Crippen MR) is 79.2 cm³/mol. The van der Waals surface area contributed by atoms with Crippen molar-refractivity contribution in [1.29, 1.82) is 0 Å². The van der Waals surface area contributed by atoms with Crippen LogP contribution in [0.1, 0.15) is 32.8 Å². The Morgan fingerprint density at radius 1 is 1.26 bits per heavy atom. The van der Waals surface area contributed by atoms with E-state index in [1.54, 1.807) is 0 Å². The molecule has 2 nitrogen and oxygen atoms in total. The van der Waals surface area contributed by atoms with Gasteiger partial charge in [-0.25, -0.2) is 0 Å². The normalized spacial score (nSPS) is 20.7. The molecule has 19 heavy (non-hydrogen) atoms. The molecule has 0 N–H and O–H groups in total. The fraction of sp³-hybridized carbons (Fsp3) is 0.588. The highest BCUT2D eigenvalue weighted by molar-refractivity contribution is 5.82. The number of hydrogen-bond acceptors (Lipinski definition) is 2. The summed E-state index contributed by atoms with van der Waals surface area (Å²) >= 11 is 0. The Morgan fingerprint density at radius 2 is 1.95 bits per heavy atom. The van der Waals surface area contributed by atoms with Gasteiger partial charge < -0.3 is 0 Å². The fourth-order valence-corrected chi connectivity index (χ4v) is 2.81. The van der Waals surface area contributed by atoms with Crippen LogP contribution in [0.15, 0.2) is 30.3 Å². The van der Waals surface area contributed by atoms with Crippen molar-refractivity contribution in [3.05, 3.63) is 35.9 Å². The Labute approximate surface area is 116 Å². The molecular formula is C17H25NO. The zero-order chi connectivity index (χ0) is 13.9. The lowest BCUT2D eigenvalue weighted by Crippen LogP contribution is -2.31. The second kappa shape index (κ2) is 5.87. The largest absolute Gasteiger partial charge is 0.298 e. The monoisotopic (exact) mass is 259 g/mol. The number of nitrogens with zero attached hydrogens (tertiary/aromatic N) is 1. The minimum atomic E-state index is 0.334. The van der Waals surface area contributed by atoms with Crippen LogP contribution in [0.3, 0.4) is 0 Å². The van der Waals surface area contributed by atoms with Gasteiger partial charge in [-0.1, -0.05) is 51.1 Å². The van der Waals surface area contributed by atoms with Crippen LogP contribution in [0.4, 0.5) is 0 Å². The number of rotatable bonds is 4. The molecule has 1 aliphatic heterocycles. The molecule has 0 spiro atoms. The molecular weight excluding hydrogens is 234 g/mol. The molecule has 1 unspecified atom stereocenters. The lowest BCUT2D eigenvalue weighted by Gasteiger charge is -2.27. The first-order valence-corrected chi connectivity index (χ1v) is 7.23. The molecule has 104 valence electrons. The van der Waals surface area contributed by atoms with Crippen LogP contribution in [-0.4, -0.2) is 30.3 Å². The minimum Gasteiger partial charge on any atom is -0.298 e. The van der Waals surface area contributed by atoms with Gasteiger partial charge in [0.25, 0.3) is 0 Å². The number of hydrogen-bond donors (Lipinski definition) is 0. The molecule has 1 fully saturated rings. The van der Waals surface area contributed by atoms with Gasteiger partial charge >= 0.3 is 0 Å². The van der Waals surface area contributed by atoms with Crippen molar-refractivity contribution < 1.29 is 4.79 Å². The Bertz CT molecular complexity index is 419. The number of ketones is 1. The molecule has 1 heterocycles. The first-order valence-electron chi connectivity index (χ1n) is 7.23. The topological polar surface area (TPSA) is 20.3 Å². The zero-order valence-corrected chi connectivity index (χ0v) is 12.4. The summed E-state index contributed by atoms with van der Waals surface area (Å²) in [6, 6.07) is 10.0. The van der Waals surface area contributed by atoms with E-state index in [-0.39, 0.29) is 0 Å². The number of benzene rings is 1. The van der Waals surface area contributed by atoms with Crippen LogP contribution >= 0.6 is 0 Å². The fourth-order valence-electron chi connectivity index (χ4n) is 2.81. The highest BCUT2D eigenvalue weighted by atomic mass is 16.1. The van der Waals surface area contributed by atoms with Crippen LogP contribution in [-0.2, 0) is 11.2 Å². The van der Waals surface area contributed by atoms with Gasteiger partial charge in [0.2, 0.25) is 0 Å². The molecule has 1 aliphatic rings. The first kappa shape index (κ1) is 14.3. The maximum Gasteiger partial charge on any atom is 0.151 e. The molecule has 0 aromatic heterocycles. The number of likely N-dealkylation sites (tertiary alicyclic amines) is 1. The summed E-state index contributed by atoms with van der Waals surface area (Å²) in [7, 11) is 0. The summed E-state index contributed by atoms with van der Waals surface area (Å²) in [4.78, 5) is 14.4. The van der Waals surface area contributed by atoms with Gasteiger partial charge in [-0.15, -0.1) is 0 Å². The van der Waals surface area contributed by atoms with Crippen molar-refractivity contribution in [3.63, 3.8) is 0 Å². The second-order valence-electron chi connectivity index (χ2n) is 6.79. The molecule has 1 aromatic carbocycles. The average molecular weight is 259 g/mol. The van der Waals surface area contributed by atoms with Crippen LogP contribution in [0.2, 0.25) is 0 Å². The van der Waals surface area contributed by atoms with Crippen molar-refractivity contribution in [2.45, 2.75) is 33.6 Å².